The van der Waals surface area contributed by atoms with Gasteiger partial charge in [-0.3, -0.25) is 0 Å². The molecule has 2 nitrogen and oxygen atoms in total. The van der Waals surface area contributed by atoms with Crippen LogP contribution in [-0.2, 0) is 17.9 Å². The highest BCUT2D eigenvalue weighted by Crippen LogP contribution is 2.21. The summed E-state index contributed by atoms with van der Waals surface area (Å²) in [5.41, 5.74) is 2.56. The van der Waals surface area contributed by atoms with Crippen LogP contribution in [0.5, 0.6) is 0 Å². The third-order valence-electron chi connectivity index (χ3n) is 3.13. The Morgan fingerprint density at radius 1 is 1.10 bits per heavy atom. The fraction of sp³-hybridized carbons (Fsp3) is 0.235. The van der Waals surface area contributed by atoms with Crippen LogP contribution in [0, 0.1) is 0 Å². The molecule has 110 valence electrons. The minimum absolute atomic E-state index is 0.0437. The zero-order valence-electron chi connectivity index (χ0n) is 11.8. The molecule has 0 radical (unpaired) electrons. The van der Waals surface area contributed by atoms with Crippen LogP contribution in [0.3, 0.4) is 0 Å². The molecule has 0 aliphatic heterocycles. The van der Waals surface area contributed by atoms with E-state index < -0.39 is 6.43 Å². The first-order valence-corrected chi connectivity index (χ1v) is 6.81. The molecule has 0 unspecified atom stereocenters. The Morgan fingerprint density at radius 2 is 1.86 bits per heavy atom. The fourth-order valence-corrected chi connectivity index (χ4v) is 1.97. The number of hydrogen-bond donors (Lipinski definition) is 0. The van der Waals surface area contributed by atoms with Gasteiger partial charge in [0, 0.05) is 11.1 Å². The molecule has 2 aromatic carbocycles. The number of benzene rings is 2. The van der Waals surface area contributed by atoms with Crippen molar-refractivity contribution in [3.63, 3.8) is 0 Å². The molecular formula is C17H17F2NO. The number of alkyl halides is 2. The van der Waals surface area contributed by atoms with Crippen LogP contribution in [0.25, 0.3) is 0 Å². The molecule has 0 heterocycles. The van der Waals surface area contributed by atoms with Crippen molar-refractivity contribution in [2.45, 2.75) is 26.4 Å². The molecule has 4 heteroatoms. The Kier molecular flexibility index (Phi) is 5.43. The van der Waals surface area contributed by atoms with Gasteiger partial charge in [0.25, 0.3) is 6.43 Å². The summed E-state index contributed by atoms with van der Waals surface area (Å²) in [5, 5.41) is 3.78. The number of rotatable bonds is 6. The fourth-order valence-electron chi connectivity index (χ4n) is 1.97. The van der Waals surface area contributed by atoms with Crippen molar-refractivity contribution in [1.29, 1.82) is 0 Å². The summed E-state index contributed by atoms with van der Waals surface area (Å²) in [5.74, 6) is 0. The second-order valence-corrected chi connectivity index (χ2v) is 4.61. The average molecular weight is 289 g/mol. The molecular weight excluding hydrogens is 272 g/mol. The Labute approximate surface area is 123 Å². The van der Waals surface area contributed by atoms with E-state index in [1.54, 1.807) is 18.2 Å². The second kappa shape index (κ2) is 7.53. The molecule has 21 heavy (non-hydrogen) atoms. The van der Waals surface area contributed by atoms with E-state index in [0.29, 0.717) is 12.2 Å². The zero-order valence-corrected chi connectivity index (χ0v) is 11.8. The van der Waals surface area contributed by atoms with Crippen molar-refractivity contribution in [2.24, 2.45) is 5.16 Å². The molecule has 2 rings (SSSR count). The molecule has 0 aliphatic rings. The molecule has 0 amide bonds. The van der Waals surface area contributed by atoms with E-state index in [9.17, 15) is 8.78 Å². The summed E-state index contributed by atoms with van der Waals surface area (Å²) in [6.45, 7) is 2.40. The van der Waals surface area contributed by atoms with Crippen LogP contribution < -0.4 is 0 Å². The first kappa shape index (κ1) is 15.2. The van der Waals surface area contributed by atoms with Crippen molar-refractivity contribution in [2.75, 3.05) is 0 Å². The first-order valence-electron chi connectivity index (χ1n) is 6.81. The molecule has 0 atom stereocenters. The Bertz CT molecular complexity index is 611. The van der Waals surface area contributed by atoms with Crippen LogP contribution in [0.2, 0.25) is 0 Å². The van der Waals surface area contributed by atoms with E-state index in [1.165, 1.54) is 17.8 Å². The van der Waals surface area contributed by atoms with Crippen LogP contribution in [0.15, 0.2) is 53.7 Å². The highest BCUT2D eigenvalue weighted by atomic mass is 19.3. The first-order chi connectivity index (χ1) is 10.2. The normalized spacial score (nSPS) is 11.2. The van der Waals surface area contributed by atoms with Gasteiger partial charge in [0.05, 0.1) is 6.21 Å². The van der Waals surface area contributed by atoms with Gasteiger partial charge < -0.3 is 4.84 Å². The number of oxime groups is 1. The topological polar surface area (TPSA) is 21.6 Å². The lowest BCUT2D eigenvalue weighted by atomic mass is 10.1. The lowest BCUT2D eigenvalue weighted by molar-refractivity contribution is 0.131. The standard InChI is InChI=1S/C17H17F2NO/c1-2-13-6-5-7-14(10-13)12-21-20-11-15-8-3-4-9-16(15)17(18)19/h3-11,17H,2,12H2,1H3. The van der Waals surface area contributed by atoms with Gasteiger partial charge in [-0.1, -0.05) is 60.6 Å². The molecule has 0 aliphatic carbocycles. The smallest absolute Gasteiger partial charge is 0.264 e. The van der Waals surface area contributed by atoms with Crippen molar-refractivity contribution in [3.05, 3.63) is 70.8 Å². The van der Waals surface area contributed by atoms with Crippen molar-refractivity contribution < 1.29 is 13.6 Å². The highest BCUT2D eigenvalue weighted by Gasteiger charge is 2.10. The van der Waals surface area contributed by atoms with E-state index in [-0.39, 0.29) is 5.56 Å². The van der Waals surface area contributed by atoms with E-state index in [4.69, 9.17) is 4.84 Å². The highest BCUT2D eigenvalue weighted by molar-refractivity contribution is 5.81. The van der Waals surface area contributed by atoms with Crippen LogP contribution in [0.4, 0.5) is 8.78 Å². The lowest BCUT2D eigenvalue weighted by Crippen LogP contribution is -1.94. The zero-order chi connectivity index (χ0) is 15.1. The number of hydrogen-bond acceptors (Lipinski definition) is 2. The van der Waals surface area contributed by atoms with Gasteiger partial charge in [0.2, 0.25) is 0 Å². The van der Waals surface area contributed by atoms with Gasteiger partial charge >= 0.3 is 0 Å². The number of halogens is 2. The van der Waals surface area contributed by atoms with Gasteiger partial charge in [-0.2, -0.15) is 0 Å². The van der Waals surface area contributed by atoms with Crippen molar-refractivity contribution in [3.8, 4) is 0 Å². The third-order valence-corrected chi connectivity index (χ3v) is 3.13. The van der Waals surface area contributed by atoms with Gasteiger partial charge in [0.1, 0.15) is 6.61 Å². The van der Waals surface area contributed by atoms with Gasteiger partial charge in [0.15, 0.2) is 0 Å². The van der Waals surface area contributed by atoms with Gasteiger partial charge in [-0.05, 0) is 17.5 Å². The van der Waals surface area contributed by atoms with Crippen molar-refractivity contribution >= 4 is 6.21 Å². The molecule has 0 N–H and O–H groups in total. The third kappa shape index (κ3) is 4.38. The second-order valence-electron chi connectivity index (χ2n) is 4.61. The van der Waals surface area contributed by atoms with E-state index in [2.05, 4.69) is 12.1 Å². The maximum atomic E-state index is 12.8. The summed E-state index contributed by atoms with van der Waals surface area (Å²) < 4.78 is 25.6. The monoisotopic (exact) mass is 289 g/mol. The molecule has 0 bridgehead atoms. The summed E-state index contributed by atoms with van der Waals surface area (Å²) >= 11 is 0. The SMILES string of the molecule is CCc1cccc(CON=Cc2ccccc2C(F)F)c1. The summed E-state index contributed by atoms with van der Waals surface area (Å²) in [7, 11) is 0. The maximum absolute atomic E-state index is 12.8. The van der Waals surface area contributed by atoms with E-state index in [1.807, 2.05) is 24.3 Å². The predicted molar refractivity (Wildman–Crippen MR) is 79.6 cm³/mol. The van der Waals surface area contributed by atoms with E-state index >= 15 is 0 Å². The Balaban J connectivity index is 1.97. The van der Waals surface area contributed by atoms with Crippen LogP contribution >= 0.6 is 0 Å². The summed E-state index contributed by atoms with van der Waals surface area (Å²) in [6, 6.07) is 14.3. The lowest BCUT2D eigenvalue weighted by Gasteiger charge is -2.04. The van der Waals surface area contributed by atoms with E-state index in [0.717, 1.165) is 12.0 Å². The summed E-state index contributed by atoms with van der Waals surface area (Å²) in [4.78, 5) is 5.18. The molecule has 2 aromatic rings. The quantitative estimate of drug-likeness (QED) is 0.556. The minimum Gasteiger partial charge on any atom is -0.391 e. The van der Waals surface area contributed by atoms with Crippen LogP contribution in [0.1, 0.15) is 35.6 Å². The maximum Gasteiger partial charge on any atom is 0.264 e. The average Bonchev–Trinajstić information content (AvgIpc) is 2.52. The number of nitrogens with zero attached hydrogens (tertiary/aromatic N) is 1. The molecule has 0 saturated heterocycles. The molecule has 0 aromatic heterocycles. The molecule has 0 spiro atoms. The summed E-state index contributed by atoms with van der Waals surface area (Å²) in [6.07, 6.45) is -0.238. The molecule has 0 fully saturated rings. The number of aryl methyl sites for hydroxylation is 1. The largest absolute Gasteiger partial charge is 0.391 e. The Morgan fingerprint density at radius 3 is 2.62 bits per heavy atom. The Hall–Kier alpha value is -2.23. The van der Waals surface area contributed by atoms with Gasteiger partial charge in [-0.25, -0.2) is 8.78 Å². The van der Waals surface area contributed by atoms with Gasteiger partial charge in [-0.15, -0.1) is 0 Å². The molecule has 0 saturated carbocycles. The predicted octanol–water partition coefficient (Wildman–Crippen LogP) is 4.74. The van der Waals surface area contributed by atoms with Crippen molar-refractivity contribution in [1.82, 2.24) is 0 Å². The minimum atomic E-state index is -2.52. The van der Waals surface area contributed by atoms with Crippen LogP contribution in [-0.4, -0.2) is 6.21 Å².